The smallest absolute Gasteiger partial charge is 0.250 e. The number of hydrogen-bond donors (Lipinski definition) is 1. The van der Waals surface area contributed by atoms with Gasteiger partial charge in [-0.1, -0.05) is 0 Å². The summed E-state index contributed by atoms with van der Waals surface area (Å²) < 4.78 is 1.55. The normalized spacial score (nSPS) is 13.8. The molecule has 0 saturated carbocycles. The van der Waals surface area contributed by atoms with Crippen LogP contribution in [-0.4, -0.2) is 14.7 Å². The maximum atomic E-state index is 11.5. The van der Waals surface area contributed by atoms with E-state index in [2.05, 4.69) is 4.98 Å². The largest absolute Gasteiger partial charge is 0.380 e. The van der Waals surface area contributed by atoms with Crippen molar-refractivity contribution in [1.29, 1.82) is 0 Å². The SMILES string of the molecule is Cn1cc(-c2ccc([C@@](C)(O)c3ccncc3)s2)ccc1=O. The summed E-state index contributed by atoms with van der Waals surface area (Å²) in [6.07, 6.45) is 5.15. The Bertz CT molecular complexity index is 850. The second kappa shape index (κ2) is 5.51. The lowest BCUT2D eigenvalue weighted by Crippen LogP contribution is -2.21. The Morgan fingerprint density at radius 2 is 1.86 bits per heavy atom. The minimum absolute atomic E-state index is 0.0377. The molecule has 112 valence electrons. The van der Waals surface area contributed by atoms with Crippen molar-refractivity contribution in [2.45, 2.75) is 12.5 Å². The summed E-state index contributed by atoms with van der Waals surface area (Å²) in [5, 5.41) is 10.8. The van der Waals surface area contributed by atoms with Gasteiger partial charge in [0.1, 0.15) is 5.60 Å². The number of aliphatic hydroxyl groups is 1. The molecule has 0 aliphatic heterocycles. The van der Waals surface area contributed by atoms with Gasteiger partial charge in [0.2, 0.25) is 5.56 Å². The van der Waals surface area contributed by atoms with Crippen molar-refractivity contribution in [3.63, 3.8) is 0 Å². The molecule has 22 heavy (non-hydrogen) atoms. The number of nitrogens with zero attached hydrogens (tertiary/aromatic N) is 2. The summed E-state index contributed by atoms with van der Waals surface area (Å²) in [6.45, 7) is 1.78. The highest BCUT2D eigenvalue weighted by atomic mass is 32.1. The molecule has 0 fully saturated rings. The molecular weight excluding hydrogens is 296 g/mol. The Morgan fingerprint density at radius 3 is 2.55 bits per heavy atom. The summed E-state index contributed by atoms with van der Waals surface area (Å²) in [6, 6.07) is 10.9. The van der Waals surface area contributed by atoms with Crippen LogP contribution in [0.25, 0.3) is 10.4 Å². The van der Waals surface area contributed by atoms with Crippen LogP contribution in [0.4, 0.5) is 0 Å². The minimum atomic E-state index is -1.06. The zero-order valence-electron chi connectivity index (χ0n) is 12.4. The Hall–Kier alpha value is -2.24. The van der Waals surface area contributed by atoms with Crippen molar-refractivity contribution < 1.29 is 5.11 Å². The van der Waals surface area contributed by atoms with E-state index in [0.717, 1.165) is 20.9 Å². The molecule has 3 heterocycles. The molecule has 0 amide bonds. The zero-order chi connectivity index (χ0) is 15.7. The Labute approximate surface area is 132 Å². The Kier molecular flexibility index (Phi) is 3.68. The van der Waals surface area contributed by atoms with E-state index < -0.39 is 5.60 Å². The monoisotopic (exact) mass is 312 g/mol. The lowest BCUT2D eigenvalue weighted by atomic mass is 9.95. The number of aromatic nitrogens is 2. The van der Waals surface area contributed by atoms with Crippen molar-refractivity contribution in [3.05, 3.63) is 75.8 Å². The fraction of sp³-hybridized carbons (Fsp3) is 0.176. The first-order chi connectivity index (χ1) is 10.5. The summed E-state index contributed by atoms with van der Waals surface area (Å²) >= 11 is 1.52. The van der Waals surface area contributed by atoms with Crippen LogP contribution < -0.4 is 5.56 Å². The van der Waals surface area contributed by atoms with Crippen molar-refractivity contribution in [2.75, 3.05) is 0 Å². The Balaban J connectivity index is 2.00. The molecule has 3 aromatic rings. The Morgan fingerprint density at radius 1 is 1.14 bits per heavy atom. The second-order valence-electron chi connectivity index (χ2n) is 5.34. The highest BCUT2D eigenvalue weighted by Crippen LogP contribution is 2.37. The van der Waals surface area contributed by atoms with Crippen molar-refractivity contribution in [1.82, 2.24) is 9.55 Å². The predicted molar refractivity (Wildman–Crippen MR) is 87.9 cm³/mol. The fourth-order valence-corrected chi connectivity index (χ4v) is 3.38. The summed E-state index contributed by atoms with van der Waals surface area (Å²) in [5.41, 5.74) is 0.663. The molecule has 5 heteroatoms. The first kappa shape index (κ1) is 14.7. The maximum absolute atomic E-state index is 11.5. The first-order valence-electron chi connectivity index (χ1n) is 6.89. The third kappa shape index (κ3) is 2.61. The molecule has 4 nitrogen and oxygen atoms in total. The highest BCUT2D eigenvalue weighted by Gasteiger charge is 2.27. The van der Waals surface area contributed by atoms with E-state index in [1.807, 2.05) is 24.3 Å². The van der Waals surface area contributed by atoms with Gasteiger partial charge >= 0.3 is 0 Å². The molecule has 3 aromatic heterocycles. The number of pyridine rings is 2. The highest BCUT2D eigenvalue weighted by molar-refractivity contribution is 7.15. The lowest BCUT2D eigenvalue weighted by Gasteiger charge is -2.22. The first-order valence-corrected chi connectivity index (χ1v) is 7.70. The van der Waals surface area contributed by atoms with Gasteiger partial charge in [-0.05, 0) is 42.8 Å². The van der Waals surface area contributed by atoms with Crippen molar-refractivity contribution in [3.8, 4) is 10.4 Å². The lowest BCUT2D eigenvalue weighted by molar-refractivity contribution is 0.106. The molecule has 0 spiro atoms. The summed E-state index contributed by atoms with van der Waals surface area (Å²) in [4.78, 5) is 17.3. The molecule has 1 N–H and O–H groups in total. The number of thiophene rings is 1. The maximum Gasteiger partial charge on any atom is 0.250 e. The van der Waals surface area contributed by atoms with Crippen LogP contribution in [0.1, 0.15) is 17.4 Å². The van der Waals surface area contributed by atoms with E-state index in [0.29, 0.717) is 0 Å². The van der Waals surface area contributed by atoms with Crippen LogP contribution in [-0.2, 0) is 12.6 Å². The molecule has 0 aromatic carbocycles. The number of aryl methyl sites for hydroxylation is 1. The molecular formula is C17H16N2O2S. The molecule has 3 rings (SSSR count). The van der Waals surface area contributed by atoms with Crippen LogP contribution in [0.5, 0.6) is 0 Å². The van der Waals surface area contributed by atoms with Gasteiger partial charge in [0.25, 0.3) is 0 Å². The molecule has 0 radical (unpaired) electrons. The predicted octanol–water partition coefficient (Wildman–Crippen LogP) is 2.76. The topological polar surface area (TPSA) is 55.1 Å². The molecule has 1 atom stereocenters. The van der Waals surface area contributed by atoms with E-state index in [1.165, 1.54) is 11.3 Å². The number of hydrogen-bond acceptors (Lipinski definition) is 4. The van der Waals surface area contributed by atoms with Gasteiger partial charge in [0.05, 0.1) is 0 Å². The van der Waals surface area contributed by atoms with E-state index in [-0.39, 0.29) is 5.56 Å². The molecule has 0 unspecified atom stereocenters. The molecule has 0 bridgehead atoms. The van der Waals surface area contributed by atoms with Crippen LogP contribution in [0.15, 0.2) is 59.8 Å². The summed E-state index contributed by atoms with van der Waals surface area (Å²) in [5.74, 6) is 0. The van der Waals surface area contributed by atoms with Crippen LogP contribution in [0, 0.1) is 0 Å². The van der Waals surface area contributed by atoms with Gasteiger partial charge in [-0.15, -0.1) is 11.3 Å². The van der Waals surface area contributed by atoms with Crippen LogP contribution in [0.3, 0.4) is 0 Å². The van der Waals surface area contributed by atoms with E-state index in [4.69, 9.17) is 0 Å². The molecule has 0 aliphatic rings. The van der Waals surface area contributed by atoms with E-state index in [9.17, 15) is 9.90 Å². The molecule has 0 aliphatic carbocycles. The fourth-order valence-electron chi connectivity index (χ4n) is 2.31. The van der Waals surface area contributed by atoms with Crippen molar-refractivity contribution >= 4 is 11.3 Å². The van der Waals surface area contributed by atoms with Gasteiger partial charge in [0, 0.05) is 47.0 Å². The second-order valence-corrected chi connectivity index (χ2v) is 6.42. The van der Waals surface area contributed by atoms with E-state index in [1.54, 1.807) is 49.3 Å². The van der Waals surface area contributed by atoms with Gasteiger partial charge in [-0.3, -0.25) is 9.78 Å². The van der Waals surface area contributed by atoms with Gasteiger partial charge in [-0.2, -0.15) is 0 Å². The van der Waals surface area contributed by atoms with E-state index >= 15 is 0 Å². The average Bonchev–Trinajstić information content (AvgIpc) is 3.01. The third-order valence-electron chi connectivity index (χ3n) is 3.70. The van der Waals surface area contributed by atoms with Crippen LogP contribution >= 0.6 is 11.3 Å². The minimum Gasteiger partial charge on any atom is -0.380 e. The number of rotatable bonds is 3. The van der Waals surface area contributed by atoms with Crippen LogP contribution in [0.2, 0.25) is 0 Å². The molecule has 0 saturated heterocycles. The van der Waals surface area contributed by atoms with Gasteiger partial charge in [0.15, 0.2) is 0 Å². The van der Waals surface area contributed by atoms with Gasteiger partial charge in [-0.25, -0.2) is 0 Å². The standard InChI is InChI=1S/C17H16N2O2S/c1-17(21,13-7-9-18-10-8-13)15-5-4-14(22-15)12-3-6-16(20)19(2)11-12/h3-11,21H,1-2H3/t17-/m0/s1. The van der Waals surface area contributed by atoms with Crippen molar-refractivity contribution in [2.24, 2.45) is 7.05 Å². The van der Waals surface area contributed by atoms with Gasteiger partial charge < -0.3 is 9.67 Å². The average molecular weight is 312 g/mol. The third-order valence-corrected chi connectivity index (χ3v) is 5.04. The quantitative estimate of drug-likeness (QED) is 0.809. The summed E-state index contributed by atoms with van der Waals surface area (Å²) in [7, 11) is 1.73. The zero-order valence-corrected chi connectivity index (χ0v) is 13.2.